The largest absolute Gasteiger partial charge is 0.465 e. The molecule has 3 N–H and O–H groups in total. The van der Waals surface area contributed by atoms with Crippen molar-refractivity contribution in [1.29, 1.82) is 0 Å². The van der Waals surface area contributed by atoms with Crippen LogP contribution in [-0.2, 0) is 16.6 Å². The SMILES string of the molecule is Cc1oc(C)c(S(=O)(=O)Nc2cncnc2)c1CN. The monoisotopic (exact) mass is 282 g/mol. The smallest absolute Gasteiger partial charge is 0.265 e. The summed E-state index contributed by atoms with van der Waals surface area (Å²) in [5, 5.41) is 0. The molecular formula is C11H14N4O3S. The summed E-state index contributed by atoms with van der Waals surface area (Å²) in [7, 11) is -3.77. The maximum atomic E-state index is 12.3. The first-order valence-corrected chi connectivity index (χ1v) is 7.00. The number of hydrogen-bond acceptors (Lipinski definition) is 6. The van der Waals surface area contributed by atoms with E-state index in [2.05, 4.69) is 14.7 Å². The van der Waals surface area contributed by atoms with Gasteiger partial charge in [-0.05, 0) is 13.8 Å². The van der Waals surface area contributed by atoms with Crippen molar-refractivity contribution in [2.75, 3.05) is 4.72 Å². The van der Waals surface area contributed by atoms with E-state index in [0.717, 1.165) is 0 Å². The maximum Gasteiger partial charge on any atom is 0.265 e. The fourth-order valence-corrected chi connectivity index (χ4v) is 3.35. The fraction of sp³-hybridized carbons (Fsp3) is 0.273. The highest BCUT2D eigenvalue weighted by Crippen LogP contribution is 2.27. The number of aryl methyl sites for hydroxylation is 2. The maximum absolute atomic E-state index is 12.3. The van der Waals surface area contributed by atoms with Crippen molar-refractivity contribution in [3.8, 4) is 0 Å². The van der Waals surface area contributed by atoms with Crippen molar-refractivity contribution >= 4 is 15.7 Å². The molecule has 0 bridgehead atoms. The molecule has 0 radical (unpaired) electrons. The van der Waals surface area contributed by atoms with Gasteiger partial charge in [-0.25, -0.2) is 18.4 Å². The molecule has 0 saturated carbocycles. The minimum absolute atomic E-state index is 0.0800. The van der Waals surface area contributed by atoms with Crippen LogP contribution in [0.25, 0.3) is 0 Å². The van der Waals surface area contributed by atoms with Gasteiger partial charge in [0, 0.05) is 12.1 Å². The van der Waals surface area contributed by atoms with Gasteiger partial charge in [0.1, 0.15) is 22.7 Å². The van der Waals surface area contributed by atoms with E-state index in [9.17, 15) is 8.42 Å². The minimum atomic E-state index is -3.77. The van der Waals surface area contributed by atoms with E-state index >= 15 is 0 Å². The number of nitrogens with zero attached hydrogens (tertiary/aromatic N) is 2. The van der Waals surface area contributed by atoms with Gasteiger partial charge in [0.25, 0.3) is 10.0 Å². The van der Waals surface area contributed by atoms with Gasteiger partial charge in [-0.2, -0.15) is 0 Å². The molecule has 0 fully saturated rings. The molecule has 8 heteroatoms. The van der Waals surface area contributed by atoms with Crippen molar-refractivity contribution in [3.63, 3.8) is 0 Å². The molecule has 2 heterocycles. The van der Waals surface area contributed by atoms with E-state index in [4.69, 9.17) is 10.2 Å². The Labute approximate surface area is 110 Å². The molecule has 2 aromatic rings. The Balaban J connectivity index is 2.46. The van der Waals surface area contributed by atoms with Gasteiger partial charge in [0.2, 0.25) is 0 Å². The zero-order valence-electron chi connectivity index (χ0n) is 10.5. The van der Waals surface area contributed by atoms with Crippen LogP contribution in [-0.4, -0.2) is 18.4 Å². The van der Waals surface area contributed by atoms with Crippen molar-refractivity contribution in [3.05, 3.63) is 35.8 Å². The van der Waals surface area contributed by atoms with E-state index in [1.54, 1.807) is 13.8 Å². The summed E-state index contributed by atoms with van der Waals surface area (Å²) in [6, 6.07) is 0. The first kappa shape index (κ1) is 13.5. The Hall–Kier alpha value is -1.93. The van der Waals surface area contributed by atoms with E-state index < -0.39 is 10.0 Å². The van der Waals surface area contributed by atoms with Crippen LogP contribution in [0.5, 0.6) is 0 Å². The number of anilines is 1. The van der Waals surface area contributed by atoms with Crippen LogP contribution in [0.4, 0.5) is 5.69 Å². The van der Waals surface area contributed by atoms with Crippen LogP contribution < -0.4 is 10.5 Å². The van der Waals surface area contributed by atoms with E-state index in [1.807, 2.05) is 0 Å². The molecule has 0 aliphatic rings. The summed E-state index contributed by atoms with van der Waals surface area (Å²) in [5.41, 5.74) is 6.33. The van der Waals surface area contributed by atoms with Crippen LogP contribution in [0.3, 0.4) is 0 Å². The fourth-order valence-electron chi connectivity index (χ4n) is 1.86. The van der Waals surface area contributed by atoms with Gasteiger partial charge < -0.3 is 10.2 Å². The van der Waals surface area contributed by atoms with Gasteiger partial charge in [0.05, 0.1) is 18.1 Å². The number of sulfonamides is 1. The number of nitrogens with one attached hydrogen (secondary N) is 1. The van der Waals surface area contributed by atoms with Gasteiger partial charge in [-0.1, -0.05) is 0 Å². The first-order chi connectivity index (χ1) is 8.95. The zero-order valence-corrected chi connectivity index (χ0v) is 11.4. The summed E-state index contributed by atoms with van der Waals surface area (Å²) in [6.45, 7) is 3.35. The molecule has 7 nitrogen and oxygen atoms in total. The minimum Gasteiger partial charge on any atom is -0.465 e. The lowest BCUT2D eigenvalue weighted by Crippen LogP contribution is -2.16. The number of nitrogens with two attached hydrogens (primary N) is 1. The lowest BCUT2D eigenvalue weighted by Gasteiger charge is -2.07. The molecule has 0 aliphatic carbocycles. The number of rotatable bonds is 4. The highest BCUT2D eigenvalue weighted by molar-refractivity contribution is 7.92. The standard InChI is InChI=1S/C11H14N4O3S/c1-7-10(3-12)11(8(2)18-7)19(16,17)15-9-4-13-6-14-5-9/h4-6,15H,3,12H2,1-2H3. The lowest BCUT2D eigenvalue weighted by atomic mass is 10.2. The molecule has 2 aromatic heterocycles. The first-order valence-electron chi connectivity index (χ1n) is 5.52. The van der Waals surface area contributed by atoms with Crippen LogP contribution in [0.2, 0.25) is 0 Å². The third-order valence-electron chi connectivity index (χ3n) is 2.61. The van der Waals surface area contributed by atoms with Crippen molar-refractivity contribution in [2.45, 2.75) is 25.3 Å². The Morgan fingerprint density at radius 1 is 1.26 bits per heavy atom. The van der Waals surface area contributed by atoms with Crippen LogP contribution >= 0.6 is 0 Å². The summed E-state index contributed by atoms with van der Waals surface area (Å²) in [4.78, 5) is 7.57. The van der Waals surface area contributed by atoms with E-state index in [1.165, 1.54) is 18.7 Å². The second kappa shape index (κ2) is 4.98. The predicted octanol–water partition coefficient (Wildman–Crippen LogP) is 0.946. The van der Waals surface area contributed by atoms with Crippen molar-refractivity contribution in [2.24, 2.45) is 5.73 Å². The highest BCUT2D eigenvalue weighted by Gasteiger charge is 2.26. The Morgan fingerprint density at radius 3 is 2.47 bits per heavy atom. The molecule has 0 spiro atoms. The van der Waals surface area contributed by atoms with Crippen molar-refractivity contribution in [1.82, 2.24) is 9.97 Å². The zero-order chi connectivity index (χ0) is 14.0. The number of aromatic nitrogens is 2. The highest BCUT2D eigenvalue weighted by atomic mass is 32.2. The molecule has 0 aromatic carbocycles. The van der Waals surface area contributed by atoms with Crippen molar-refractivity contribution < 1.29 is 12.8 Å². The quantitative estimate of drug-likeness (QED) is 0.863. The topological polar surface area (TPSA) is 111 Å². The third-order valence-corrected chi connectivity index (χ3v) is 4.19. The average molecular weight is 282 g/mol. The van der Waals surface area contributed by atoms with Gasteiger partial charge in [-0.3, -0.25) is 4.72 Å². The molecule has 0 unspecified atom stereocenters. The Bertz CT molecular complexity index is 679. The Morgan fingerprint density at radius 2 is 1.89 bits per heavy atom. The van der Waals surface area contributed by atoms with Crippen LogP contribution in [0.15, 0.2) is 28.0 Å². The summed E-state index contributed by atoms with van der Waals surface area (Å²) in [5.74, 6) is 0.812. The second-order valence-corrected chi connectivity index (χ2v) is 5.58. The summed E-state index contributed by atoms with van der Waals surface area (Å²) in [6.07, 6.45) is 4.06. The van der Waals surface area contributed by atoms with Gasteiger partial charge in [0.15, 0.2) is 0 Å². The molecular weight excluding hydrogens is 268 g/mol. The Kier molecular flexibility index (Phi) is 3.54. The van der Waals surface area contributed by atoms with E-state index in [0.29, 0.717) is 17.1 Å². The normalized spacial score (nSPS) is 11.5. The number of furan rings is 1. The summed E-state index contributed by atoms with van der Waals surface area (Å²) >= 11 is 0. The van der Waals surface area contributed by atoms with Crippen LogP contribution in [0, 0.1) is 13.8 Å². The molecule has 0 aliphatic heterocycles. The van der Waals surface area contributed by atoms with E-state index in [-0.39, 0.29) is 17.1 Å². The predicted molar refractivity (Wildman–Crippen MR) is 68.9 cm³/mol. The van der Waals surface area contributed by atoms with Gasteiger partial charge in [-0.15, -0.1) is 0 Å². The molecule has 0 saturated heterocycles. The molecule has 102 valence electrons. The van der Waals surface area contributed by atoms with Crippen LogP contribution in [0.1, 0.15) is 17.1 Å². The average Bonchev–Trinajstić information content (AvgIpc) is 2.64. The van der Waals surface area contributed by atoms with Gasteiger partial charge >= 0.3 is 0 Å². The number of hydrogen-bond donors (Lipinski definition) is 2. The molecule has 19 heavy (non-hydrogen) atoms. The second-order valence-electron chi connectivity index (χ2n) is 3.96. The summed E-state index contributed by atoms with van der Waals surface area (Å²) < 4.78 is 32.4. The third kappa shape index (κ3) is 2.59. The molecule has 0 amide bonds. The molecule has 0 atom stereocenters. The molecule has 2 rings (SSSR count). The lowest BCUT2D eigenvalue weighted by molar-refractivity contribution is 0.494.